The first-order valence-corrected chi connectivity index (χ1v) is 6.22. The van der Waals surface area contributed by atoms with Crippen LogP contribution in [-0.4, -0.2) is 19.6 Å². The summed E-state index contributed by atoms with van der Waals surface area (Å²) in [5.41, 5.74) is 3.52. The number of esters is 1. The first kappa shape index (κ1) is 10.8. The lowest BCUT2D eigenvalue weighted by Crippen LogP contribution is -2.55. The van der Waals surface area contributed by atoms with Crippen molar-refractivity contribution >= 4 is 5.97 Å². The summed E-state index contributed by atoms with van der Waals surface area (Å²) in [6.07, 6.45) is 4.73. The fourth-order valence-electron chi connectivity index (χ4n) is 3.07. The molecule has 1 heterocycles. The number of rotatable bonds is 1. The van der Waals surface area contributed by atoms with Crippen molar-refractivity contribution < 1.29 is 9.53 Å². The standard InChI is InChI=1S/C14H17NO2/c1-17-13(16)11-5-4-10-3-2-6-14(7-8-15-14)12(10)9-11/h4-5,9,15H,2-3,6-8H2,1H3/t14-/m1/s1. The third-order valence-electron chi connectivity index (χ3n) is 4.11. The minimum absolute atomic E-state index is 0.150. The van der Waals surface area contributed by atoms with E-state index < -0.39 is 0 Å². The van der Waals surface area contributed by atoms with Gasteiger partial charge in [0.2, 0.25) is 0 Å². The van der Waals surface area contributed by atoms with Crippen molar-refractivity contribution in [1.29, 1.82) is 0 Å². The van der Waals surface area contributed by atoms with Gasteiger partial charge in [0.05, 0.1) is 12.7 Å². The van der Waals surface area contributed by atoms with Crippen LogP contribution in [-0.2, 0) is 16.7 Å². The van der Waals surface area contributed by atoms with Crippen LogP contribution < -0.4 is 5.32 Å². The highest BCUT2D eigenvalue weighted by Gasteiger charge is 2.41. The van der Waals surface area contributed by atoms with Gasteiger partial charge in [0.25, 0.3) is 0 Å². The molecule has 1 aliphatic carbocycles. The second-order valence-corrected chi connectivity index (χ2v) is 4.98. The molecule has 0 aromatic heterocycles. The quantitative estimate of drug-likeness (QED) is 0.751. The molecular weight excluding hydrogens is 214 g/mol. The van der Waals surface area contributed by atoms with Crippen LogP contribution in [0.3, 0.4) is 0 Å². The summed E-state index contributed by atoms with van der Waals surface area (Å²) < 4.78 is 4.79. The number of carbonyl (C=O) groups excluding carboxylic acids is 1. The number of hydrogen-bond acceptors (Lipinski definition) is 3. The molecule has 1 fully saturated rings. The van der Waals surface area contributed by atoms with E-state index in [0.717, 1.165) is 13.0 Å². The molecule has 1 spiro atoms. The SMILES string of the molecule is COC(=O)c1ccc2c(c1)[C@@]1(CCC2)CCN1. The molecule has 3 heteroatoms. The maximum Gasteiger partial charge on any atom is 0.337 e. The third-order valence-corrected chi connectivity index (χ3v) is 4.11. The molecule has 0 amide bonds. The average Bonchev–Trinajstić information content (AvgIpc) is 2.34. The molecule has 1 aromatic rings. The highest BCUT2D eigenvalue weighted by Crippen LogP contribution is 2.42. The molecule has 0 bridgehead atoms. The van der Waals surface area contributed by atoms with Crippen LogP contribution in [0, 0.1) is 0 Å². The Kier molecular flexibility index (Phi) is 2.44. The van der Waals surface area contributed by atoms with Crippen molar-refractivity contribution in [3.8, 4) is 0 Å². The molecular formula is C14H17NO2. The van der Waals surface area contributed by atoms with Crippen molar-refractivity contribution in [2.24, 2.45) is 0 Å². The summed E-state index contributed by atoms with van der Waals surface area (Å²) in [7, 11) is 1.43. The van der Waals surface area contributed by atoms with Gasteiger partial charge in [-0.1, -0.05) is 6.07 Å². The van der Waals surface area contributed by atoms with E-state index in [-0.39, 0.29) is 11.5 Å². The predicted molar refractivity (Wildman–Crippen MR) is 65.0 cm³/mol. The topological polar surface area (TPSA) is 38.3 Å². The van der Waals surface area contributed by atoms with Gasteiger partial charge in [-0.3, -0.25) is 0 Å². The second-order valence-electron chi connectivity index (χ2n) is 4.98. The van der Waals surface area contributed by atoms with Crippen LogP contribution >= 0.6 is 0 Å². The van der Waals surface area contributed by atoms with Crippen LogP contribution in [0.1, 0.15) is 40.7 Å². The van der Waals surface area contributed by atoms with Gasteiger partial charge in [-0.25, -0.2) is 4.79 Å². The van der Waals surface area contributed by atoms with Gasteiger partial charge in [-0.15, -0.1) is 0 Å². The lowest BCUT2D eigenvalue weighted by Gasteiger charge is -2.47. The Morgan fingerprint density at radius 1 is 1.41 bits per heavy atom. The molecule has 1 aromatic carbocycles. The molecule has 90 valence electrons. The van der Waals surface area contributed by atoms with E-state index in [4.69, 9.17) is 4.74 Å². The zero-order valence-electron chi connectivity index (χ0n) is 10.1. The Balaban J connectivity index is 2.05. The number of methoxy groups -OCH3 is 1. The van der Waals surface area contributed by atoms with Crippen molar-refractivity contribution in [3.63, 3.8) is 0 Å². The minimum Gasteiger partial charge on any atom is -0.465 e. The minimum atomic E-state index is -0.243. The molecule has 0 radical (unpaired) electrons. The third kappa shape index (κ3) is 1.57. The van der Waals surface area contributed by atoms with E-state index in [0.29, 0.717) is 5.56 Å². The number of nitrogens with one attached hydrogen (secondary N) is 1. The predicted octanol–water partition coefficient (Wildman–Crippen LogP) is 2.00. The van der Waals surface area contributed by atoms with Gasteiger partial charge in [-0.05, 0) is 55.5 Å². The van der Waals surface area contributed by atoms with Gasteiger partial charge < -0.3 is 10.1 Å². The van der Waals surface area contributed by atoms with Crippen molar-refractivity contribution in [2.75, 3.05) is 13.7 Å². The number of ether oxygens (including phenoxy) is 1. The molecule has 0 saturated carbocycles. The summed E-state index contributed by atoms with van der Waals surface area (Å²) in [5.74, 6) is -0.243. The normalized spacial score (nSPS) is 26.2. The van der Waals surface area contributed by atoms with Crippen LogP contribution in [0.5, 0.6) is 0 Å². The lowest BCUT2D eigenvalue weighted by atomic mass is 9.70. The highest BCUT2D eigenvalue weighted by atomic mass is 16.5. The molecule has 3 rings (SSSR count). The molecule has 1 saturated heterocycles. The van der Waals surface area contributed by atoms with Crippen LogP contribution in [0.4, 0.5) is 0 Å². The van der Waals surface area contributed by atoms with Crippen molar-refractivity contribution in [3.05, 3.63) is 34.9 Å². The van der Waals surface area contributed by atoms with Crippen LogP contribution in [0.25, 0.3) is 0 Å². The van der Waals surface area contributed by atoms with Gasteiger partial charge in [0.1, 0.15) is 0 Å². The number of aryl methyl sites for hydroxylation is 1. The first-order chi connectivity index (χ1) is 8.25. The Labute approximate surface area is 101 Å². The molecule has 2 aliphatic rings. The van der Waals surface area contributed by atoms with Crippen molar-refractivity contribution in [1.82, 2.24) is 5.32 Å². The monoisotopic (exact) mass is 231 g/mol. The second kappa shape index (κ2) is 3.84. The Bertz CT molecular complexity index is 463. The Morgan fingerprint density at radius 2 is 2.24 bits per heavy atom. The van der Waals surface area contributed by atoms with Crippen molar-refractivity contribution in [2.45, 2.75) is 31.2 Å². The zero-order valence-corrected chi connectivity index (χ0v) is 10.1. The fourth-order valence-corrected chi connectivity index (χ4v) is 3.07. The first-order valence-electron chi connectivity index (χ1n) is 6.22. The maximum atomic E-state index is 11.6. The fraction of sp³-hybridized carbons (Fsp3) is 0.500. The summed E-state index contributed by atoms with van der Waals surface area (Å²) in [5, 5.41) is 3.55. The Morgan fingerprint density at radius 3 is 2.88 bits per heavy atom. The smallest absolute Gasteiger partial charge is 0.337 e. The molecule has 0 unspecified atom stereocenters. The Hall–Kier alpha value is -1.35. The van der Waals surface area contributed by atoms with E-state index in [2.05, 4.69) is 11.4 Å². The molecule has 17 heavy (non-hydrogen) atoms. The van der Waals surface area contributed by atoms with E-state index in [9.17, 15) is 4.79 Å². The van der Waals surface area contributed by atoms with Gasteiger partial charge in [0.15, 0.2) is 0 Å². The van der Waals surface area contributed by atoms with Gasteiger partial charge in [0, 0.05) is 5.54 Å². The number of carbonyl (C=O) groups is 1. The van der Waals surface area contributed by atoms with E-state index in [1.165, 1.54) is 37.5 Å². The molecule has 3 nitrogen and oxygen atoms in total. The number of hydrogen-bond donors (Lipinski definition) is 1. The van der Waals surface area contributed by atoms with E-state index in [1.807, 2.05) is 12.1 Å². The highest BCUT2D eigenvalue weighted by molar-refractivity contribution is 5.89. The van der Waals surface area contributed by atoms with E-state index >= 15 is 0 Å². The molecule has 1 N–H and O–H groups in total. The summed E-state index contributed by atoms with van der Waals surface area (Å²) in [4.78, 5) is 11.6. The maximum absolute atomic E-state index is 11.6. The van der Waals surface area contributed by atoms with Crippen LogP contribution in [0.15, 0.2) is 18.2 Å². The summed E-state index contributed by atoms with van der Waals surface area (Å²) in [6, 6.07) is 5.98. The molecule has 1 aliphatic heterocycles. The number of fused-ring (bicyclic) bond motifs is 2. The largest absolute Gasteiger partial charge is 0.465 e. The van der Waals surface area contributed by atoms with Gasteiger partial charge in [-0.2, -0.15) is 0 Å². The summed E-state index contributed by atoms with van der Waals surface area (Å²) in [6.45, 7) is 1.09. The van der Waals surface area contributed by atoms with E-state index in [1.54, 1.807) is 0 Å². The summed E-state index contributed by atoms with van der Waals surface area (Å²) >= 11 is 0. The number of benzene rings is 1. The average molecular weight is 231 g/mol. The molecule has 1 atom stereocenters. The zero-order chi connectivity index (χ0) is 11.9. The van der Waals surface area contributed by atoms with Crippen LogP contribution in [0.2, 0.25) is 0 Å². The lowest BCUT2D eigenvalue weighted by molar-refractivity contribution is 0.0600. The van der Waals surface area contributed by atoms with Gasteiger partial charge >= 0.3 is 5.97 Å².